The molecule has 184 valence electrons. The van der Waals surface area contributed by atoms with E-state index in [-0.39, 0.29) is 35.5 Å². The molecule has 1 aliphatic heterocycles. The summed E-state index contributed by atoms with van der Waals surface area (Å²) in [4.78, 5) is 12.5. The van der Waals surface area contributed by atoms with E-state index in [4.69, 9.17) is 9.47 Å². The normalized spacial score (nSPS) is 18.6. The van der Waals surface area contributed by atoms with Crippen molar-refractivity contribution < 1.29 is 32.2 Å². The van der Waals surface area contributed by atoms with E-state index in [9.17, 15) is 18.0 Å². The SMILES string of the molecule is CC(C)n1cnnc1O[C@H]1CO[C@@H](c2cc(NC(=O)c3cc(COC(F)(F)F)nn3C)n[nH]2)C1. The van der Waals surface area contributed by atoms with E-state index in [1.165, 1.54) is 13.1 Å². The number of H-pyrrole nitrogens is 1. The molecule has 3 aromatic heterocycles. The molecule has 2 atom stereocenters. The van der Waals surface area contributed by atoms with Crippen LogP contribution in [-0.4, -0.2) is 59.7 Å². The first-order valence-electron chi connectivity index (χ1n) is 10.4. The van der Waals surface area contributed by atoms with Crippen molar-refractivity contribution in [3.63, 3.8) is 0 Å². The van der Waals surface area contributed by atoms with Gasteiger partial charge in [-0.15, -0.1) is 18.3 Å². The lowest BCUT2D eigenvalue weighted by molar-refractivity contribution is -0.330. The van der Waals surface area contributed by atoms with E-state index in [1.807, 2.05) is 18.4 Å². The number of aromatic amines is 1. The van der Waals surface area contributed by atoms with Gasteiger partial charge in [-0.1, -0.05) is 5.10 Å². The fourth-order valence-corrected chi connectivity index (χ4v) is 3.43. The Morgan fingerprint density at radius 1 is 1.38 bits per heavy atom. The second kappa shape index (κ2) is 9.42. The van der Waals surface area contributed by atoms with Gasteiger partial charge in [0.05, 0.1) is 18.0 Å². The average molecular weight is 484 g/mol. The van der Waals surface area contributed by atoms with E-state index < -0.39 is 18.9 Å². The summed E-state index contributed by atoms with van der Waals surface area (Å²) in [6.07, 6.45) is -3.22. The van der Waals surface area contributed by atoms with Crippen molar-refractivity contribution in [3.05, 3.63) is 35.5 Å². The number of nitrogens with one attached hydrogen (secondary N) is 2. The topological polar surface area (TPSA) is 134 Å². The Balaban J connectivity index is 1.34. The lowest BCUT2D eigenvalue weighted by Crippen LogP contribution is -2.19. The summed E-state index contributed by atoms with van der Waals surface area (Å²) in [5, 5.41) is 21.2. The summed E-state index contributed by atoms with van der Waals surface area (Å²) in [6, 6.07) is 3.39. The molecule has 0 spiro atoms. The molecule has 0 saturated carbocycles. The number of hydrogen-bond donors (Lipinski definition) is 2. The Bertz CT molecular complexity index is 1140. The zero-order chi connectivity index (χ0) is 24.5. The van der Waals surface area contributed by atoms with Crippen molar-refractivity contribution >= 4 is 11.7 Å². The van der Waals surface area contributed by atoms with Gasteiger partial charge in [-0.25, -0.2) is 0 Å². The van der Waals surface area contributed by atoms with Gasteiger partial charge in [0.25, 0.3) is 5.91 Å². The Morgan fingerprint density at radius 2 is 2.18 bits per heavy atom. The number of rotatable bonds is 8. The molecule has 1 amide bonds. The standard InChI is InChI=1S/C19H23F3N8O4/c1-10(2)30-9-23-27-18(30)34-12-5-15(32-8-12)13-6-16(26-25-13)24-17(31)14-4-11(28-29(14)3)7-33-19(20,21)22/h4,6,9-10,12,15H,5,7-8H2,1-3H3,(H2,24,25,26,31)/t12-,15-/m1/s1. The van der Waals surface area contributed by atoms with Gasteiger partial charge in [0.2, 0.25) is 0 Å². The molecule has 1 saturated heterocycles. The number of ether oxygens (including phenoxy) is 3. The van der Waals surface area contributed by atoms with Crippen molar-refractivity contribution in [2.45, 2.75) is 51.5 Å². The highest BCUT2D eigenvalue weighted by Gasteiger charge is 2.32. The van der Waals surface area contributed by atoms with Gasteiger partial charge in [-0.2, -0.15) is 10.2 Å². The number of alkyl halides is 3. The minimum atomic E-state index is -4.79. The van der Waals surface area contributed by atoms with Crippen LogP contribution in [0.1, 0.15) is 54.3 Å². The third kappa shape index (κ3) is 5.53. The Morgan fingerprint density at radius 3 is 2.91 bits per heavy atom. The van der Waals surface area contributed by atoms with Crippen LogP contribution >= 0.6 is 0 Å². The largest absolute Gasteiger partial charge is 0.522 e. The second-order valence-corrected chi connectivity index (χ2v) is 7.95. The molecule has 34 heavy (non-hydrogen) atoms. The van der Waals surface area contributed by atoms with Crippen LogP contribution in [0.3, 0.4) is 0 Å². The molecule has 0 bridgehead atoms. The van der Waals surface area contributed by atoms with Crippen molar-refractivity contribution in [3.8, 4) is 6.01 Å². The summed E-state index contributed by atoms with van der Waals surface area (Å²) in [5.41, 5.74) is 0.646. The van der Waals surface area contributed by atoms with Crippen molar-refractivity contribution in [1.29, 1.82) is 0 Å². The number of carbonyl (C=O) groups is 1. The fraction of sp³-hybridized carbons (Fsp3) is 0.526. The summed E-state index contributed by atoms with van der Waals surface area (Å²) in [7, 11) is 1.44. The van der Waals surface area contributed by atoms with Gasteiger partial charge in [-0.05, 0) is 19.9 Å². The van der Waals surface area contributed by atoms with Gasteiger partial charge < -0.3 is 14.8 Å². The molecule has 2 N–H and O–H groups in total. The van der Waals surface area contributed by atoms with E-state index in [1.54, 1.807) is 12.4 Å². The summed E-state index contributed by atoms with van der Waals surface area (Å²) in [5.74, 6) is -0.366. The number of carbonyl (C=O) groups excluding carboxylic acids is 1. The Kier molecular flexibility index (Phi) is 6.56. The molecule has 0 aromatic carbocycles. The average Bonchev–Trinajstić information content (AvgIpc) is 3.53. The molecule has 0 aliphatic carbocycles. The van der Waals surface area contributed by atoms with Crippen LogP contribution in [0.25, 0.3) is 0 Å². The molecule has 3 aromatic rings. The summed E-state index contributed by atoms with van der Waals surface area (Å²) < 4.78 is 55.1. The second-order valence-electron chi connectivity index (χ2n) is 7.95. The van der Waals surface area contributed by atoms with E-state index >= 15 is 0 Å². The number of halogens is 3. The predicted molar refractivity (Wildman–Crippen MR) is 109 cm³/mol. The van der Waals surface area contributed by atoms with Crippen LogP contribution in [0.15, 0.2) is 18.5 Å². The van der Waals surface area contributed by atoms with Crippen LogP contribution < -0.4 is 10.1 Å². The predicted octanol–water partition coefficient (Wildman–Crippen LogP) is 2.51. The molecule has 1 aliphatic rings. The fourth-order valence-electron chi connectivity index (χ4n) is 3.43. The van der Waals surface area contributed by atoms with Gasteiger partial charge in [0.15, 0.2) is 5.82 Å². The number of anilines is 1. The van der Waals surface area contributed by atoms with Crippen molar-refractivity contribution in [2.24, 2.45) is 7.05 Å². The van der Waals surface area contributed by atoms with E-state index in [0.29, 0.717) is 24.7 Å². The molecule has 12 nitrogen and oxygen atoms in total. The van der Waals surface area contributed by atoms with Crippen LogP contribution in [0.2, 0.25) is 0 Å². The minimum absolute atomic E-state index is 0.0358. The monoisotopic (exact) mass is 484 g/mol. The minimum Gasteiger partial charge on any atom is -0.458 e. The molecule has 0 radical (unpaired) electrons. The third-order valence-corrected chi connectivity index (χ3v) is 5.06. The number of amides is 1. The Labute approximate surface area is 191 Å². The van der Waals surface area contributed by atoms with Crippen LogP contribution in [-0.2, 0) is 23.1 Å². The highest BCUT2D eigenvalue weighted by atomic mass is 19.4. The first kappa shape index (κ1) is 23.7. The molecule has 1 fully saturated rings. The zero-order valence-corrected chi connectivity index (χ0v) is 18.5. The quantitative estimate of drug-likeness (QED) is 0.498. The third-order valence-electron chi connectivity index (χ3n) is 5.06. The van der Waals surface area contributed by atoms with E-state index in [0.717, 1.165) is 4.68 Å². The lowest BCUT2D eigenvalue weighted by atomic mass is 10.1. The molecule has 0 unspecified atom stereocenters. The van der Waals surface area contributed by atoms with Crippen molar-refractivity contribution in [2.75, 3.05) is 11.9 Å². The highest BCUT2D eigenvalue weighted by molar-refractivity contribution is 6.02. The number of hydrogen-bond acceptors (Lipinski definition) is 8. The zero-order valence-electron chi connectivity index (χ0n) is 18.5. The molecular formula is C19H23F3N8O4. The number of nitrogens with zero attached hydrogens (tertiary/aromatic N) is 6. The number of aryl methyl sites for hydroxylation is 1. The first-order valence-corrected chi connectivity index (χ1v) is 10.4. The molecule has 4 rings (SSSR count). The van der Waals surface area contributed by atoms with Gasteiger partial charge in [0, 0.05) is 25.6 Å². The summed E-state index contributed by atoms with van der Waals surface area (Å²) in [6.45, 7) is 3.53. The van der Waals surface area contributed by atoms with Crippen LogP contribution in [0.4, 0.5) is 19.0 Å². The lowest BCUT2D eigenvalue weighted by Gasteiger charge is -2.14. The first-order chi connectivity index (χ1) is 16.1. The smallest absolute Gasteiger partial charge is 0.458 e. The van der Waals surface area contributed by atoms with E-state index in [2.05, 4.69) is 35.5 Å². The van der Waals surface area contributed by atoms with Gasteiger partial charge in [0.1, 0.15) is 30.8 Å². The maximum absolute atomic E-state index is 12.5. The van der Waals surface area contributed by atoms with Crippen LogP contribution in [0.5, 0.6) is 6.01 Å². The molecular weight excluding hydrogens is 461 g/mol. The van der Waals surface area contributed by atoms with Crippen LogP contribution in [0, 0.1) is 0 Å². The van der Waals surface area contributed by atoms with Gasteiger partial charge >= 0.3 is 12.4 Å². The summed E-state index contributed by atoms with van der Waals surface area (Å²) >= 11 is 0. The van der Waals surface area contributed by atoms with Crippen molar-refractivity contribution in [1.82, 2.24) is 34.7 Å². The highest BCUT2D eigenvalue weighted by Crippen LogP contribution is 2.31. The molecule has 15 heteroatoms. The number of aromatic nitrogens is 7. The Hall–Kier alpha value is -3.46. The van der Waals surface area contributed by atoms with Gasteiger partial charge in [-0.3, -0.25) is 23.9 Å². The molecule has 4 heterocycles. The maximum Gasteiger partial charge on any atom is 0.522 e. The maximum atomic E-state index is 12.5.